The van der Waals surface area contributed by atoms with E-state index in [4.69, 9.17) is 4.74 Å². The molecule has 2 aromatic carbocycles. The van der Waals surface area contributed by atoms with E-state index in [0.29, 0.717) is 11.8 Å². The van der Waals surface area contributed by atoms with Crippen molar-refractivity contribution < 1.29 is 4.74 Å². The van der Waals surface area contributed by atoms with E-state index < -0.39 is 0 Å². The van der Waals surface area contributed by atoms with E-state index in [-0.39, 0.29) is 10.8 Å². The summed E-state index contributed by atoms with van der Waals surface area (Å²) < 4.78 is 6.63. The molecule has 0 atom stereocenters. The molecule has 0 aliphatic carbocycles. The molecular weight excluding hydrogens is 328 g/mol. The van der Waals surface area contributed by atoms with Crippen LogP contribution in [0.4, 0.5) is 0 Å². The standard InChI is InChI=1S/C26H38O/c1-17(2)21-13-11-19(25(5,6)7)15-23(21)27-24-16-20(26(8,9)10)12-14-22(24)18(3)4/h11-18H,1-10H3. The number of hydrogen-bond donors (Lipinski definition) is 0. The average molecular weight is 367 g/mol. The molecule has 148 valence electrons. The maximum absolute atomic E-state index is 6.63. The van der Waals surface area contributed by atoms with Gasteiger partial charge in [-0.25, -0.2) is 0 Å². The average Bonchev–Trinajstić information content (AvgIpc) is 2.52. The van der Waals surface area contributed by atoms with Gasteiger partial charge in [0.2, 0.25) is 0 Å². The van der Waals surface area contributed by atoms with E-state index in [2.05, 4.69) is 106 Å². The molecule has 1 nitrogen and oxygen atoms in total. The Morgan fingerprint density at radius 3 is 1.19 bits per heavy atom. The molecule has 2 rings (SSSR count). The Labute approximate surface area is 167 Å². The largest absolute Gasteiger partial charge is 0.457 e. The lowest BCUT2D eigenvalue weighted by Crippen LogP contribution is -2.13. The third-order valence-corrected chi connectivity index (χ3v) is 5.22. The van der Waals surface area contributed by atoms with Crippen molar-refractivity contribution in [3.63, 3.8) is 0 Å². The van der Waals surface area contributed by atoms with Gasteiger partial charge in [-0.05, 0) is 57.1 Å². The monoisotopic (exact) mass is 366 g/mol. The van der Waals surface area contributed by atoms with Gasteiger partial charge in [-0.15, -0.1) is 0 Å². The summed E-state index contributed by atoms with van der Waals surface area (Å²) in [6.07, 6.45) is 0. The molecule has 0 saturated carbocycles. The van der Waals surface area contributed by atoms with Crippen LogP contribution in [0.1, 0.15) is 103 Å². The van der Waals surface area contributed by atoms with E-state index >= 15 is 0 Å². The fraction of sp³-hybridized carbons (Fsp3) is 0.538. The van der Waals surface area contributed by atoms with Crippen LogP contribution < -0.4 is 4.74 Å². The summed E-state index contributed by atoms with van der Waals surface area (Å²) >= 11 is 0. The molecule has 27 heavy (non-hydrogen) atoms. The van der Waals surface area contributed by atoms with Gasteiger partial charge in [0.25, 0.3) is 0 Å². The highest BCUT2D eigenvalue weighted by Gasteiger charge is 2.21. The number of rotatable bonds is 4. The van der Waals surface area contributed by atoms with Gasteiger partial charge >= 0.3 is 0 Å². The zero-order valence-electron chi connectivity index (χ0n) is 19.0. The van der Waals surface area contributed by atoms with Crippen LogP contribution in [-0.2, 0) is 10.8 Å². The molecule has 2 aromatic rings. The van der Waals surface area contributed by atoms with Gasteiger partial charge in [0.05, 0.1) is 0 Å². The molecule has 0 fully saturated rings. The van der Waals surface area contributed by atoms with Crippen molar-refractivity contribution in [1.29, 1.82) is 0 Å². The van der Waals surface area contributed by atoms with Gasteiger partial charge in [-0.2, -0.15) is 0 Å². The molecule has 0 radical (unpaired) electrons. The summed E-state index contributed by atoms with van der Waals surface area (Å²) in [7, 11) is 0. The summed E-state index contributed by atoms with van der Waals surface area (Å²) in [5.74, 6) is 2.82. The minimum Gasteiger partial charge on any atom is -0.457 e. The highest BCUT2D eigenvalue weighted by Crippen LogP contribution is 2.39. The minimum absolute atomic E-state index is 0.0990. The molecule has 0 saturated heterocycles. The zero-order valence-corrected chi connectivity index (χ0v) is 19.0. The molecule has 0 unspecified atom stereocenters. The maximum atomic E-state index is 6.63. The third kappa shape index (κ3) is 5.15. The maximum Gasteiger partial charge on any atom is 0.131 e. The Kier molecular flexibility index (Phi) is 6.14. The summed E-state index contributed by atoms with van der Waals surface area (Å²) in [6, 6.07) is 13.5. The number of ether oxygens (including phenoxy) is 1. The first-order valence-corrected chi connectivity index (χ1v) is 10.3. The van der Waals surface area contributed by atoms with Gasteiger partial charge in [0.1, 0.15) is 11.5 Å². The van der Waals surface area contributed by atoms with E-state index in [0.717, 1.165) is 11.5 Å². The Balaban J connectivity index is 2.60. The van der Waals surface area contributed by atoms with E-state index in [1.165, 1.54) is 22.3 Å². The van der Waals surface area contributed by atoms with Gasteiger partial charge in [0, 0.05) is 0 Å². The summed E-state index contributed by atoms with van der Waals surface area (Å²) in [5, 5.41) is 0. The molecule has 0 bridgehead atoms. The van der Waals surface area contributed by atoms with Crippen LogP contribution in [0.3, 0.4) is 0 Å². The van der Waals surface area contributed by atoms with Crippen molar-refractivity contribution in [2.75, 3.05) is 0 Å². The van der Waals surface area contributed by atoms with Crippen molar-refractivity contribution in [1.82, 2.24) is 0 Å². The lowest BCUT2D eigenvalue weighted by atomic mass is 9.85. The van der Waals surface area contributed by atoms with Crippen molar-refractivity contribution in [2.24, 2.45) is 0 Å². The quantitative estimate of drug-likeness (QED) is 0.528. The van der Waals surface area contributed by atoms with Gasteiger partial charge in [-0.3, -0.25) is 0 Å². The van der Waals surface area contributed by atoms with Crippen LogP contribution in [0.25, 0.3) is 0 Å². The Hall–Kier alpha value is -1.76. The lowest BCUT2D eigenvalue weighted by Gasteiger charge is -2.25. The molecule has 0 spiro atoms. The molecule has 0 N–H and O–H groups in total. The van der Waals surface area contributed by atoms with Crippen LogP contribution in [0.5, 0.6) is 11.5 Å². The van der Waals surface area contributed by atoms with Gasteiger partial charge < -0.3 is 4.74 Å². The Morgan fingerprint density at radius 2 is 0.926 bits per heavy atom. The second-order valence-electron chi connectivity index (χ2n) is 10.4. The first kappa shape index (κ1) is 21.5. The SMILES string of the molecule is CC(C)c1ccc(C(C)(C)C)cc1Oc1cc(C(C)(C)C)ccc1C(C)C. The molecule has 0 aliphatic rings. The number of benzene rings is 2. The molecule has 0 heterocycles. The first-order chi connectivity index (χ1) is 12.3. The first-order valence-electron chi connectivity index (χ1n) is 10.3. The van der Waals surface area contributed by atoms with Crippen LogP contribution in [0.15, 0.2) is 36.4 Å². The fourth-order valence-corrected chi connectivity index (χ4v) is 3.25. The smallest absolute Gasteiger partial charge is 0.131 e. The van der Waals surface area contributed by atoms with Crippen molar-refractivity contribution in [3.8, 4) is 11.5 Å². The normalized spacial score (nSPS) is 12.7. The topological polar surface area (TPSA) is 9.23 Å². The molecule has 0 aromatic heterocycles. The summed E-state index contributed by atoms with van der Waals surface area (Å²) in [5.41, 5.74) is 5.33. The summed E-state index contributed by atoms with van der Waals surface area (Å²) in [6.45, 7) is 22.4. The van der Waals surface area contributed by atoms with E-state index in [1.807, 2.05) is 0 Å². The van der Waals surface area contributed by atoms with E-state index in [9.17, 15) is 0 Å². The minimum atomic E-state index is 0.0990. The molecular formula is C26H38O. The van der Waals surface area contributed by atoms with Gasteiger partial charge in [0.15, 0.2) is 0 Å². The van der Waals surface area contributed by atoms with Crippen LogP contribution in [0, 0.1) is 0 Å². The zero-order chi connectivity index (χ0) is 20.6. The van der Waals surface area contributed by atoms with Crippen LogP contribution in [0.2, 0.25) is 0 Å². The molecule has 0 aliphatic heterocycles. The van der Waals surface area contributed by atoms with E-state index in [1.54, 1.807) is 0 Å². The highest BCUT2D eigenvalue weighted by molar-refractivity contribution is 5.48. The lowest BCUT2D eigenvalue weighted by molar-refractivity contribution is 0.457. The van der Waals surface area contributed by atoms with Crippen molar-refractivity contribution in [3.05, 3.63) is 58.7 Å². The van der Waals surface area contributed by atoms with Crippen molar-refractivity contribution >= 4 is 0 Å². The summed E-state index contributed by atoms with van der Waals surface area (Å²) in [4.78, 5) is 0. The van der Waals surface area contributed by atoms with Crippen molar-refractivity contribution in [2.45, 2.75) is 91.9 Å². The molecule has 0 amide bonds. The second-order valence-corrected chi connectivity index (χ2v) is 10.4. The highest BCUT2D eigenvalue weighted by atomic mass is 16.5. The van der Waals surface area contributed by atoms with Crippen LogP contribution >= 0.6 is 0 Å². The van der Waals surface area contributed by atoms with Crippen LogP contribution in [-0.4, -0.2) is 0 Å². The third-order valence-electron chi connectivity index (χ3n) is 5.22. The molecule has 1 heteroatoms. The fourth-order valence-electron chi connectivity index (χ4n) is 3.25. The second kappa shape index (κ2) is 7.70. The Morgan fingerprint density at radius 1 is 0.593 bits per heavy atom. The van der Waals surface area contributed by atoms with Gasteiger partial charge in [-0.1, -0.05) is 93.5 Å². The predicted molar refractivity (Wildman–Crippen MR) is 119 cm³/mol. The Bertz CT molecular complexity index is 715. The predicted octanol–water partition coefficient (Wildman–Crippen LogP) is 8.32. The number of hydrogen-bond acceptors (Lipinski definition) is 1.